The van der Waals surface area contributed by atoms with Crippen LogP contribution in [0.5, 0.6) is 0 Å². The topological polar surface area (TPSA) is 23.5 Å². The molecule has 1 N–H and O–H groups in total. The zero-order valence-corrected chi connectivity index (χ0v) is 9.38. The van der Waals surface area contributed by atoms with Gasteiger partial charge in [-0.25, -0.2) is 0 Å². The smallest absolute Gasteiger partial charge is 0.0474 e. The Labute approximate surface area is 81.9 Å². The van der Waals surface area contributed by atoms with E-state index in [0.29, 0.717) is 18.4 Å². The van der Waals surface area contributed by atoms with Gasteiger partial charge in [-0.15, -0.1) is 0 Å². The van der Waals surface area contributed by atoms with Gasteiger partial charge in [0.15, 0.2) is 0 Å². The second-order valence-electron chi connectivity index (χ2n) is 5.33. The van der Waals surface area contributed by atoms with Crippen LogP contribution in [-0.2, 0) is 0 Å². The van der Waals surface area contributed by atoms with Gasteiger partial charge in [0.05, 0.1) is 0 Å². The van der Waals surface area contributed by atoms with Crippen LogP contribution in [0.2, 0.25) is 0 Å². The molecule has 0 saturated carbocycles. The molecule has 0 bridgehead atoms. The lowest BCUT2D eigenvalue weighted by Crippen LogP contribution is -2.50. The van der Waals surface area contributed by atoms with Gasteiger partial charge in [-0.3, -0.25) is 4.90 Å². The molecule has 78 valence electrons. The Morgan fingerprint density at radius 1 is 1.38 bits per heavy atom. The van der Waals surface area contributed by atoms with Crippen molar-refractivity contribution in [3.8, 4) is 0 Å². The summed E-state index contributed by atoms with van der Waals surface area (Å²) in [5.41, 5.74) is 0.257. The number of likely N-dealkylation sites (tertiary alicyclic amines) is 1. The molecular weight excluding hydrogens is 162 g/mol. The van der Waals surface area contributed by atoms with Crippen LogP contribution in [0, 0.1) is 11.8 Å². The van der Waals surface area contributed by atoms with Gasteiger partial charge in [-0.2, -0.15) is 0 Å². The molecule has 1 aliphatic rings. The first-order chi connectivity index (χ1) is 5.95. The number of nitrogens with zero attached hydrogens (tertiary/aromatic N) is 1. The molecule has 1 heterocycles. The summed E-state index contributed by atoms with van der Waals surface area (Å²) in [6.07, 6.45) is 1.22. The first kappa shape index (κ1) is 11.0. The molecular formula is C11H23NO. The standard InChI is InChI=1S/C11H23NO/c1-9-5-6-12(11(2,3)4)7-10(9)8-13/h9-10,13H,5-8H2,1-4H3/t9-,10?/m1/s1. The zero-order chi connectivity index (χ0) is 10.1. The van der Waals surface area contributed by atoms with Crippen molar-refractivity contribution in [2.24, 2.45) is 11.8 Å². The molecule has 0 aromatic heterocycles. The van der Waals surface area contributed by atoms with Crippen LogP contribution >= 0.6 is 0 Å². The van der Waals surface area contributed by atoms with Gasteiger partial charge in [0, 0.05) is 18.7 Å². The molecule has 0 aromatic rings. The first-order valence-electron chi connectivity index (χ1n) is 5.31. The van der Waals surface area contributed by atoms with Crippen LogP contribution in [0.25, 0.3) is 0 Å². The van der Waals surface area contributed by atoms with Gasteiger partial charge in [0.2, 0.25) is 0 Å². The summed E-state index contributed by atoms with van der Waals surface area (Å²) in [5.74, 6) is 1.16. The predicted octanol–water partition coefficient (Wildman–Crippen LogP) is 1.74. The fourth-order valence-corrected chi connectivity index (χ4v) is 2.00. The lowest BCUT2D eigenvalue weighted by molar-refractivity contribution is 0.0276. The number of rotatable bonds is 1. The van der Waals surface area contributed by atoms with Crippen molar-refractivity contribution >= 4 is 0 Å². The molecule has 2 heteroatoms. The van der Waals surface area contributed by atoms with Crippen molar-refractivity contribution in [3.05, 3.63) is 0 Å². The summed E-state index contributed by atoms with van der Waals surface area (Å²) >= 11 is 0. The number of hydrogen-bond donors (Lipinski definition) is 1. The van der Waals surface area contributed by atoms with Gasteiger partial charge < -0.3 is 5.11 Å². The van der Waals surface area contributed by atoms with E-state index in [9.17, 15) is 5.11 Å². The second-order valence-corrected chi connectivity index (χ2v) is 5.33. The summed E-state index contributed by atoms with van der Waals surface area (Å²) in [4.78, 5) is 2.48. The highest BCUT2D eigenvalue weighted by molar-refractivity contribution is 4.84. The summed E-state index contributed by atoms with van der Waals surface area (Å²) in [7, 11) is 0. The molecule has 0 aliphatic carbocycles. The highest BCUT2D eigenvalue weighted by atomic mass is 16.3. The third-order valence-corrected chi connectivity index (χ3v) is 3.30. The molecule has 0 radical (unpaired) electrons. The van der Waals surface area contributed by atoms with Crippen molar-refractivity contribution in [3.63, 3.8) is 0 Å². The van der Waals surface area contributed by atoms with Crippen LogP contribution in [0.3, 0.4) is 0 Å². The fraction of sp³-hybridized carbons (Fsp3) is 1.00. The number of aliphatic hydroxyl groups excluding tert-OH is 1. The van der Waals surface area contributed by atoms with E-state index < -0.39 is 0 Å². The maximum atomic E-state index is 9.22. The molecule has 2 atom stereocenters. The Hall–Kier alpha value is -0.0800. The van der Waals surface area contributed by atoms with E-state index in [-0.39, 0.29) is 5.54 Å². The molecule has 1 rings (SSSR count). The van der Waals surface area contributed by atoms with E-state index in [1.165, 1.54) is 13.0 Å². The van der Waals surface area contributed by atoms with Crippen LogP contribution in [0.1, 0.15) is 34.1 Å². The van der Waals surface area contributed by atoms with E-state index >= 15 is 0 Å². The zero-order valence-electron chi connectivity index (χ0n) is 9.38. The number of hydrogen-bond acceptors (Lipinski definition) is 2. The third-order valence-electron chi connectivity index (χ3n) is 3.30. The maximum Gasteiger partial charge on any atom is 0.0474 e. The van der Waals surface area contributed by atoms with Gasteiger partial charge in [-0.05, 0) is 45.6 Å². The van der Waals surface area contributed by atoms with Crippen LogP contribution < -0.4 is 0 Å². The Kier molecular flexibility index (Phi) is 3.36. The van der Waals surface area contributed by atoms with Crippen molar-refractivity contribution in [2.75, 3.05) is 19.7 Å². The molecule has 0 amide bonds. The van der Waals surface area contributed by atoms with E-state index in [1.54, 1.807) is 0 Å². The summed E-state index contributed by atoms with van der Waals surface area (Å²) in [5, 5.41) is 9.22. The van der Waals surface area contributed by atoms with E-state index in [1.807, 2.05) is 0 Å². The Morgan fingerprint density at radius 3 is 2.46 bits per heavy atom. The minimum Gasteiger partial charge on any atom is -0.396 e. The second kappa shape index (κ2) is 3.97. The predicted molar refractivity (Wildman–Crippen MR) is 55.7 cm³/mol. The fourth-order valence-electron chi connectivity index (χ4n) is 2.00. The first-order valence-corrected chi connectivity index (χ1v) is 5.31. The van der Waals surface area contributed by atoms with E-state index in [2.05, 4.69) is 32.6 Å². The van der Waals surface area contributed by atoms with Crippen molar-refractivity contribution < 1.29 is 5.11 Å². The maximum absolute atomic E-state index is 9.22. The lowest BCUT2D eigenvalue weighted by atomic mass is 9.85. The van der Waals surface area contributed by atoms with Gasteiger partial charge in [0.25, 0.3) is 0 Å². The van der Waals surface area contributed by atoms with Gasteiger partial charge in [-0.1, -0.05) is 6.92 Å². The Balaban J connectivity index is 2.55. The van der Waals surface area contributed by atoms with Crippen LogP contribution in [0.15, 0.2) is 0 Å². The SMILES string of the molecule is C[C@@H]1CCN(C(C)(C)C)CC1CO. The molecule has 1 fully saturated rings. The molecule has 0 aromatic carbocycles. The monoisotopic (exact) mass is 185 g/mol. The van der Waals surface area contributed by atoms with Crippen molar-refractivity contribution in [2.45, 2.75) is 39.7 Å². The highest BCUT2D eigenvalue weighted by Gasteiger charge is 2.31. The normalized spacial score (nSPS) is 32.1. The molecule has 0 spiro atoms. The summed E-state index contributed by atoms with van der Waals surface area (Å²) < 4.78 is 0. The van der Waals surface area contributed by atoms with E-state index in [0.717, 1.165) is 6.54 Å². The van der Waals surface area contributed by atoms with Crippen molar-refractivity contribution in [1.29, 1.82) is 0 Å². The average Bonchev–Trinajstić information content (AvgIpc) is 2.03. The summed E-state index contributed by atoms with van der Waals surface area (Å²) in [6, 6.07) is 0. The largest absolute Gasteiger partial charge is 0.396 e. The van der Waals surface area contributed by atoms with Crippen LogP contribution in [0.4, 0.5) is 0 Å². The summed E-state index contributed by atoms with van der Waals surface area (Å²) in [6.45, 7) is 11.6. The average molecular weight is 185 g/mol. The lowest BCUT2D eigenvalue weighted by Gasteiger charge is -2.43. The number of aliphatic hydroxyl groups is 1. The minimum absolute atomic E-state index is 0.257. The molecule has 1 unspecified atom stereocenters. The van der Waals surface area contributed by atoms with Crippen molar-refractivity contribution in [1.82, 2.24) is 4.90 Å². The molecule has 1 aliphatic heterocycles. The Bertz CT molecular complexity index is 162. The van der Waals surface area contributed by atoms with Gasteiger partial charge >= 0.3 is 0 Å². The minimum atomic E-state index is 0.257. The van der Waals surface area contributed by atoms with Crippen LogP contribution in [-0.4, -0.2) is 35.2 Å². The molecule has 1 saturated heterocycles. The highest BCUT2D eigenvalue weighted by Crippen LogP contribution is 2.27. The molecule has 2 nitrogen and oxygen atoms in total. The van der Waals surface area contributed by atoms with Gasteiger partial charge in [0.1, 0.15) is 0 Å². The number of piperidine rings is 1. The Morgan fingerprint density at radius 2 is 2.00 bits per heavy atom. The third kappa shape index (κ3) is 2.68. The van der Waals surface area contributed by atoms with E-state index in [4.69, 9.17) is 0 Å². The molecule has 13 heavy (non-hydrogen) atoms. The quantitative estimate of drug-likeness (QED) is 0.672.